The third kappa shape index (κ3) is 5.06. The van der Waals surface area contributed by atoms with Gasteiger partial charge in [0.1, 0.15) is 11.5 Å². The maximum absolute atomic E-state index is 12.7. The van der Waals surface area contributed by atoms with Crippen molar-refractivity contribution in [3.63, 3.8) is 0 Å². The lowest BCUT2D eigenvalue weighted by Gasteiger charge is -2.29. The molecule has 7 heteroatoms. The van der Waals surface area contributed by atoms with Gasteiger partial charge in [0.15, 0.2) is 0 Å². The molecule has 138 valence electrons. The number of morpholine rings is 1. The van der Waals surface area contributed by atoms with Crippen molar-refractivity contribution >= 4 is 11.8 Å². The minimum Gasteiger partial charge on any atom is -0.464 e. The number of amides is 2. The molecule has 0 N–H and O–H groups in total. The van der Waals surface area contributed by atoms with Crippen molar-refractivity contribution in [2.75, 3.05) is 46.4 Å². The Morgan fingerprint density at radius 3 is 2.52 bits per heavy atom. The number of hydrogen-bond donors (Lipinski definition) is 0. The fraction of sp³-hybridized carbons (Fsp3) is 0.667. The summed E-state index contributed by atoms with van der Waals surface area (Å²) >= 11 is 0. The highest BCUT2D eigenvalue weighted by molar-refractivity contribution is 5.81. The zero-order valence-electron chi connectivity index (χ0n) is 15.1. The summed E-state index contributed by atoms with van der Waals surface area (Å²) in [6, 6.07) is 4.14. The van der Waals surface area contributed by atoms with Crippen LogP contribution in [0.5, 0.6) is 0 Å². The molecule has 0 radical (unpaired) electrons. The molecule has 2 heterocycles. The molecule has 1 aromatic heterocycles. The maximum Gasteiger partial charge on any atom is 0.237 e. The van der Waals surface area contributed by atoms with E-state index in [1.165, 1.54) is 0 Å². The number of hydrogen-bond acceptors (Lipinski definition) is 5. The average molecular weight is 349 g/mol. The second-order valence-corrected chi connectivity index (χ2v) is 6.93. The van der Waals surface area contributed by atoms with E-state index in [2.05, 4.69) is 0 Å². The molecule has 0 aromatic carbocycles. The predicted octanol–water partition coefficient (Wildman–Crippen LogP) is 0.870. The smallest absolute Gasteiger partial charge is 0.237 e. The summed E-state index contributed by atoms with van der Waals surface area (Å²) in [5.74, 6) is 1.77. The van der Waals surface area contributed by atoms with Crippen LogP contribution in [0.15, 0.2) is 16.5 Å². The Hall–Kier alpha value is -1.86. The lowest BCUT2D eigenvalue weighted by molar-refractivity contribution is -0.138. The molecule has 1 saturated heterocycles. The van der Waals surface area contributed by atoms with Gasteiger partial charge in [-0.3, -0.25) is 14.5 Å². The first-order chi connectivity index (χ1) is 12.0. The van der Waals surface area contributed by atoms with E-state index in [0.717, 1.165) is 24.4 Å². The Morgan fingerprint density at radius 2 is 1.92 bits per heavy atom. The van der Waals surface area contributed by atoms with Gasteiger partial charge in [0.05, 0.1) is 32.8 Å². The summed E-state index contributed by atoms with van der Waals surface area (Å²) in [5, 5.41) is 0. The van der Waals surface area contributed by atoms with E-state index in [4.69, 9.17) is 9.15 Å². The quantitative estimate of drug-likeness (QED) is 0.731. The van der Waals surface area contributed by atoms with Crippen LogP contribution in [0, 0.1) is 6.92 Å². The van der Waals surface area contributed by atoms with Gasteiger partial charge in [-0.15, -0.1) is 0 Å². The van der Waals surface area contributed by atoms with E-state index in [1.54, 1.807) is 9.80 Å². The molecule has 2 amide bonds. The van der Waals surface area contributed by atoms with Crippen molar-refractivity contribution in [1.29, 1.82) is 0 Å². The van der Waals surface area contributed by atoms with Crippen molar-refractivity contribution in [3.8, 4) is 0 Å². The van der Waals surface area contributed by atoms with Gasteiger partial charge in [-0.1, -0.05) is 0 Å². The molecule has 2 fully saturated rings. The molecular weight excluding hydrogens is 322 g/mol. The van der Waals surface area contributed by atoms with Crippen LogP contribution in [0.1, 0.15) is 24.4 Å². The number of aryl methyl sites for hydroxylation is 1. The highest BCUT2D eigenvalue weighted by Crippen LogP contribution is 2.28. The third-order valence-electron chi connectivity index (χ3n) is 4.60. The van der Waals surface area contributed by atoms with Gasteiger partial charge in [0, 0.05) is 19.1 Å². The van der Waals surface area contributed by atoms with Crippen LogP contribution in [0.3, 0.4) is 0 Å². The average Bonchev–Trinajstić information content (AvgIpc) is 3.35. The van der Waals surface area contributed by atoms with Gasteiger partial charge in [0.2, 0.25) is 11.8 Å². The highest BCUT2D eigenvalue weighted by Gasteiger charge is 2.33. The topological polar surface area (TPSA) is 66.2 Å². The van der Waals surface area contributed by atoms with Crippen molar-refractivity contribution in [3.05, 3.63) is 23.7 Å². The lowest BCUT2D eigenvalue weighted by atomic mass is 10.3. The number of nitrogens with zero attached hydrogens (tertiary/aromatic N) is 3. The van der Waals surface area contributed by atoms with Crippen LogP contribution in [0.2, 0.25) is 0 Å². The normalized spacial score (nSPS) is 17.8. The summed E-state index contributed by atoms with van der Waals surface area (Å²) in [4.78, 5) is 30.5. The summed E-state index contributed by atoms with van der Waals surface area (Å²) in [7, 11) is 1.82. The summed E-state index contributed by atoms with van der Waals surface area (Å²) < 4.78 is 10.9. The summed E-state index contributed by atoms with van der Waals surface area (Å²) in [6.07, 6.45) is 2.09. The van der Waals surface area contributed by atoms with Crippen LogP contribution in [-0.2, 0) is 20.9 Å². The van der Waals surface area contributed by atoms with Gasteiger partial charge in [-0.05, 0) is 38.9 Å². The second-order valence-electron chi connectivity index (χ2n) is 6.93. The van der Waals surface area contributed by atoms with E-state index in [-0.39, 0.29) is 24.9 Å². The number of furan rings is 1. The summed E-state index contributed by atoms with van der Waals surface area (Å²) in [6.45, 7) is 5.34. The molecule has 1 aliphatic carbocycles. The fourth-order valence-corrected chi connectivity index (χ4v) is 3.07. The Labute approximate surface area is 148 Å². The molecular formula is C18H27N3O4. The largest absolute Gasteiger partial charge is 0.464 e. The molecule has 1 aliphatic heterocycles. The minimum absolute atomic E-state index is 0.0498. The van der Waals surface area contributed by atoms with Crippen LogP contribution in [-0.4, -0.2) is 79.0 Å². The van der Waals surface area contributed by atoms with E-state index in [9.17, 15) is 9.59 Å². The molecule has 25 heavy (non-hydrogen) atoms. The second kappa shape index (κ2) is 8.01. The zero-order chi connectivity index (χ0) is 17.8. The zero-order valence-corrected chi connectivity index (χ0v) is 15.1. The monoisotopic (exact) mass is 349 g/mol. The van der Waals surface area contributed by atoms with Crippen molar-refractivity contribution < 1.29 is 18.7 Å². The van der Waals surface area contributed by atoms with E-state index in [1.807, 2.05) is 31.0 Å². The summed E-state index contributed by atoms with van der Waals surface area (Å²) in [5.41, 5.74) is 0. The van der Waals surface area contributed by atoms with Crippen LogP contribution in [0.25, 0.3) is 0 Å². The Morgan fingerprint density at radius 1 is 1.20 bits per heavy atom. The SMILES string of the molecule is Cc1ccc(CN(C(=O)CN(C)CC(=O)N2CCOCC2)C2CC2)o1. The Balaban J connectivity index is 1.50. The molecule has 1 saturated carbocycles. The van der Waals surface area contributed by atoms with Gasteiger partial charge in [0.25, 0.3) is 0 Å². The number of ether oxygens (including phenoxy) is 1. The van der Waals surface area contributed by atoms with Gasteiger partial charge >= 0.3 is 0 Å². The third-order valence-corrected chi connectivity index (χ3v) is 4.60. The Kier molecular flexibility index (Phi) is 5.75. The van der Waals surface area contributed by atoms with E-state index >= 15 is 0 Å². The predicted molar refractivity (Wildman–Crippen MR) is 91.9 cm³/mol. The van der Waals surface area contributed by atoms with Gasteiger partial charge < -0.3 is 19.0 Å². The van der Waals surface area contributed by atoms with E-state index < -0.39 is 0 Å². The molecule has 2 aliphatic rings. The number of likely N-dealkylation sites (N-methyl/N-ethyl adjacent to an activating group) is 1. The van der Waals surface area contributed by atoms with Crippen molar-refractivity contribution in [2.24, 2.45) is 0 Å². The van der Waals surface area contributed by atoms with Crippen molar-refractivity contribution in [1.82, 2.24) is 14.7 Å². The molecule has 0 spiro atoms. The number of carbonyl (C=O) groups is 2. The Bertz CT molecular complexity index is 605. The number of rotatable bonds is 7. The first kappa shape index (κ1) is 17.9. The van der Waals surface area contributed by atoms with Crippen molar-refractivity contribution in [2.45, 2.75) is 32.4 Å². The minimum atomic E-state index is 0.0498. The molecule has 0 bridgehead atoms. The first-order valence-corrected chi connectivity index (χ1v) is 8.92. The standard InChI is InChI=1S/C18H27N3O4/c1-14-3-6-16(25-14)11-21(15-4-5-15)18(23)13-19(2)12-17(22)20-7-9-24-10-8-20/h3,6,15H,4-5,7-13H2,1-2H3. The molecule has 0 unspecified atom stereocenters. The molecule has 7 nitrogen and oxygen atoms in total. The molecule has 3 rings (SSSR count). The van der Waals surface area contributed by atoms with E-state index in [0.29, 0.717) is 38.9 Å². The molecule has 1 aromatic rings. The lowest BCUT2D eigenvalue weighted by Crippen LogP contribution is -2.47. The molecule has 0 atom stereocenters. The highest BCUT2D eigenvalue weighted by atomic mass is 16.5. The van der Waals surface area contributed by atoms with Crippen LogP contribution in [0.4, 0.5) is 0 Å². The first-order valence-electron chi connectivity index (χ1n) is 8.92. The van der Waals surface area contributed by atoms with Gasteiger partial charge in [-0.25, -0.2) is 0 Å². The van der Waals surface area contributed by atoms with Crippen LogP contribution < -0.4 is 0 Å². The fourth-order valence-electron chi connectivity index (χ4n) is 3.07. The van der Waals surface area contributed by atoms with Gasteiger partial charge in [-0.2, -0.15) is 0 Å². The van der Waals surface area contributed by atoms with Crippen LogP contribution >= 0.6 is 0 Å². The maximum atomic E-state index is 12.7. The number of carbonyl (C=O) groups excluding carboxylic acids is 2.